The van der Waals surface area contributed by atoms with Gasteiger partial charge in [0.25, 0.3) is 0 Å². The van der Waals surface area contributed by atoms with Crippen molar-refractivity contribution >= 4 is 23.8 Å². The van der Waals surface area contributed by atoms with Gasteiger partial charge in [0.05, 0.1) is 6.54 Å². The van der Waals surface area contributed by atoms with E-state index in [0.29, 0.717) is 6.42 Å². The smallest absolute Gasteiger partial charge is 0.238 e. The predicted octanol–water partition coefficient (Wildman–Crippen LogP) is 1.80. The van der Waals surface area contributed by atoms with E-state index in [9.17, 15) is 9.59 Å². The summed E-state index contributed by atoms with van der Waals surface area (Å²) >= 11 is 1.39. The third-order valence-corrected chi connectivity index (χ3v) is 4.29. The van der Waals surface area contributed by atoms with Gasteiger partial charge in [-0.15, -0.1) is 0 Å². The molecule has 6 heteroatoms. The Hall–Kier alpha value is -2.31. The lowest BCUT2D eigenvalue weighted by atomic mass is 10.1. The van der Waals surface area contributed by atoms with Crippen molar-refractivity contribution in [1.29, 1.82) is 0 Å². The zero-order valence-electron chi connectivity index (χ0n) is 13.5. The average Bonchev–Trinajstić information content (AvgIpc) is 2.58. The molecule has 0 aliphatic carbocycles. The van der Waals surface area contributed by atoms with Gasteiger partial charge in [-0.3, -0.25) is 9.59 Å². The first kappa shape index (κ1) is 18.0. The Morgan fingerprint density at radius 2 is 1.75 bits per heavy atom. The van der Waals surface area contributed by atoms with E-state index in [2.05, 4.69) is 10.0 Å². The largest absolute Gasteiger partial charge is 0.368 e. The molecule has 0 fully saturated rings. The monoisotopic (exact) mass is 343 g/mol. The molecule has 0 aliphatic heterocycles. The second-order valence-electron chi connectivity index (χ2n) is 5.46. The summed E-state index contributed by atoms with van der Waals surface area (Å²) in [6.07, 6.45) is 0.518. The van der Waals surface area contributed by atoms with Crippen LogP contribution < -0.4 is 15.8 Å². The van der Waals surface area contributed by atoms with Crippen LogP contribution in [0.1, 0.15) is 11.1 Å². The summed E-state index contributed by atoms with van der Waals surface area (Å²) in [4.78, 5) is 24.2. The lowest BCUT2D eigenvalue weighted by molar-refractivity contribution is -0.125. The molecule has 2 rings (SSSR count). The SMILES string of the molecule is Cc1ccc(SN[C@@H](Cc2ccccc2)C(=O)NCC(N)=O)cc1. The molecule has 2 aromatic carbocycles. The molecule has 4 N–H and O–H groups in total. The summed E-state index contributed by atoms with van der Waals surface area (Å²) in [5.41, 5.74) is 7.31. The van der Waals surface area contributed by atoms with Crippen LogP contribution in [0.5, 0.6) is 0 Å². The minimum atomic E-state index is -0.562. The molecule has 2 aromatic rings. The molecule has 0 radical (unpaired) electrons. The molecule has 2 amide bonds. The quantitative estimate of drug-likeness (QED) is 0.638. The molecule has 0 heterocycles. The van der Waals surface area contributed by atoms with Gasteiger partial charge in [0.15, 0.2) is 0 Å². The van der Waals surface area contributed by atoms with Gasteiger partial charge >= 0.3 is 0 Å². The van der Waals surface area contributed by atoms with Crippen molar-refractivity contribution in [3.63, 3.8) is 0 Å². The summed E-state index contributed by atoms with van der Waals surface area (Å²) in [5.74, 6) is -0.815. The van der Waals surface area contributed by atoms with Gasteiger partial charge in [-0.25, -0.2) is 4.72 Å². The highest BCUT2D eigenvalue weighted by Crippen LogP contribution is 2.17. The first-order valence-electron chi connectivity index (χ1n) is 7.63. The number of benzene rings is 2. The number of nitrogens with two attached hydrogens (primary N) is 1. The highest BCUT2D eigenvalue weighted by atomic mass is 32.2. The van der Waals surface area contributed by atoms with Gasteiger partial charge in [-0.05, 0) is 43.0 Å². The Morgan fingerprint density at radius 3 is 2.38 bits per heavy atom. The number of hydrogen-bond acceptors (Lipinski definition) is 4. The molecule has 0 spiro atoms. The maximum atomic E-state index is 12.3. The Morgan fingerprint density at radius 1 is 1.08 bits per heavy atom. The second-order valence-corrected chi connectivity index (χ2v) is 6.37. The van der Waals surface area contributed by atoms with Crippen LogP contribution in [0.2, 0.25) is 0 Å². The highest BCUT2D eigenvalue weighted by Gasteiger charge is 2.19. The van der Waals surface area contributed by atoms with Crippen molar-refractivity contribution in [2.24, 2.45) is 5.73 Å². The number of carbonyl (C=O) groups is 2. The lowest BCUT2D eigenvalue weighted by Crippen LogP contribution is -2.45. The van der Waals surface area contributed by atoms with Crippen LogP contribution in [0, 0.1) is 6.92 Å². The van der Waals surface area contributed by atoms with Gasteiger partial charge in [0, 0.05) is 4.90 Å². The summed E-state index contributed by atoms with van der Waals surface area (Å²) in [6, 6.07) is 17.3. The summed E-state index contributed by atoms with van der Waals surface area (Å²) in [7, 11) is 0. The van der Waals surface area contributed by atoms with E-state index in [-0.39, 0.29) is 12.5 Å². The standard InChI is InChI=1S/C18H21N3O2S/c1-13-7-9-15(10-8-13)24-21-16(18(23)20-12-17(19)22)11-14-5-3-2-4-6-14/h2-10,16,21H,11-12H2,1H3,(H2,19,22)(H,20,23)/t16-/m0/s1. The second kappa shape index (κ2) is 9.10. The highest BCUT2D eigenvalue weighted by molar-refractivity contribution is 7.97. The molecule has 0 unspecified atom stereocenters. The summed E-state index contributed by atoms with van der Waals surface area (Å²) < 4.78 is 3.18. The number of carbonyl (C=O) groups excluding carboxylic acids is 2. The third kappa shape index (κ3) is 6.06. The van der Waals surface area contributed by atoms with E-state index >= 15 is 0 Å². The zero-order valence-corrected chi connectivity index (χ0v) is 14.3. The van der Waals surface area contributed by atoms with E-state index in [4.69, 9.17) is 5.73 Å². The van der Waals surface area contributed by atoms with Crippen molar-refractivity contribution in [1.82, 2.24) is 10.0 Å². The van der Waals surface area contributed by atoms with Gasteiger partial charge in [-0.2, -0.15) is 0 Å². The van der Waals surface area contributed by atoms with Crippen LogP contribution in [-0.4, -0.2) is 24.4 Å². The Kier molecular flexibility index (Phi) is 6.84. The van der Waals surface area contributed by atoms with Crippen LogP contribution in [0.25, 0.3) is 0 Å². The fourth-order valence-electron chi connectivity index (χ4n) is 2.08. The van der Waals surface area contributed by atoms with E-state index in [1.165, 1.54) is 17.5 Å². The van der Waals surface area contributed by atoms with Crippen LogP contribution in [0.3, 0.4) is 0 Å². The Labute approximate surface area is 146 Å². The molecule has 0 saturated heterocycles. The number of primary amides is 1. The van der Waals surface area contributed by atoms with Crippen LogP contribution in [-0.2, 0) is 16.0 Å². The van der Waals surface area contributed by atoms with E-state index in [0.717, 1.165) is 10.5 Å². The Bertz CT molecular complexity index is 674. The molecular formula is C18H21N3O2S. The maximum Gasteiger partial charge on any atom is 0.238 e. The van der Waals surface area contributed by atoms with Crippen molar-refractivity contribution in [2.75, 3.05) is 6.54 Å². The number of nitrogens with one attached hydrogen (secondary N) is 2. The molecule has 0 aromatic heterocycles. The van der Waals surface area contributed by atoms with Crippen molar-refractivity contribution < 1.29 is 9.59 Å². The minimum Gasteiger partial charge on any atom is -0.368 e. The topological polar surface area (TPSA) is 84.2 Å². The summed E-state index contributed by atoms with van der Waals surface area (Å²) in [6.45, 7) is 1.86. The fourth-order valence-corrected chi connectivity index (χ4v) is 2.82. The molecule has 5 nitrogen and oxygen atoms in total. The van der Waals surface area contributed by atoms with Crippen molar-refractivity contribution in [2.45, 2.75) is 24.3 Å². The number of amides is 2. The number of rotatable bonds is 8. The molecule has 1 atom stereocenters. The normalized spacial score (nSPS) is 11.7. The van der Waals surface area contributed by atoms with Crippen LogP contribution in [0.4, 0.5) is 0 Å². The van der Waals surface area contributed by atoms with Crippen LogP contribution in [0.15, 0.2) is 59.5 Å². The molecule has 0 bridgehead atoms. The van der Waals surface area contributed by atoms with Gasteiger partial charge in [0.1, 0.15) is 6.04 Å². The van der Waals surface area contributed by atoms with Gasteiger partial charge in [-0.1, -0.05) is 48.0 Å². The van der Waals surface area contributed by atoms with E-state index < -0.39 is 11.9 Å². The molecular weight excluding hydrogens is 322 g/mol. The lowest BCUT2D eigenvalue weighted by Gasteiger charge is -2.17. The van der Waals surface area contributed by atoms with Gasteiger partial charge in [0.2, 0.25) is 11.8 Å². The zero-order chi connectivity index (χ0) is 17.4. The first-order valence-corrected chi connectivity index (χ1v) is 8.45. The molecule has 126 valence electrons. The van der Waals surface area contributed by atoms with E-state index in [1.807, 2.05) is 61.5 Å². The minimum absolute atomic E-state index is 0.166. The molecule has 0 aliphatic rings. The number of hydrogen-bond donors (Lipinski definition) is 3. The first-order chi connectivity index (χ1) is 11.5. The van der Waals surface area contributed by atoms with E-state index in [1.54, 1.807) is 0 Å². The van der Waals surface area contributed by atoms with Crippen molar-refractivity contribution in [3.05, 3.63) is 65.7 Å². The van der Waals surface area contributed by atoms with Crippen LogP contribution >= 0.6 is 11.9 Å². The maximum absolute atomic E-state index is 12.3. The average molecular weight is 343 g/mol. The predicted molar refractivity (Wildman–Crippen MR) is 96.3 cm³/mol. The third-order valence-electron chi connectivity index (χ3n) is 3.38. The van der Waals surface area contributed by atoms with Crippen molar-refractivity contribution in [3.8, 4) is 0 Å². The fraction of sp³-hybridized carbons (Fsp3) is 0.222. The summed E-state index contributed by atoms with van der Waals surface area (Å²) in [5, 5.41) is 2.56. The molecule has 24 heavy (non-hydrogen) atoms. The molecule has 0 saturated carbocycles. The number of aryl methyl sites for hydroxylation is 1. The van der Waals surface area contributed by atoms with Gasteiger partial charge < -0.3 is 11.1 Å². The Balaban J connectivity index is 2.02.